The summed E-state index contributed by atoms with van der Waals surface area (Å²) in [6.45, 7) is 0. The Balaban J connectivity index is 1.63. The van der Waals surface area contributed by atoms with Crippen LogP contribution in [-0.4, -0.2) is 20.9 Å². The van der Waals surface area contributed by atoms with E-state index >= 15 is 0 Å². The third-order valence-electron chi connectivity index (χ3n) is 5.07. The maximum absolute atomic E-state index is 14.4. The number of hydrogen-bond acceptors (Lipinski definition) is 5. The predicted molar refractivity (Wildman–Crippen MR) is 107 cm³/mol. The topological polar surface area (TPSA) is 99.8 Å². The first kappa shape index (κ1) is 17.8. The number of H-pyrrole nitrogens is 1. The first-order valence-corrected chi connectivity index (χ1v) is 9.51. The minimum absolute atomic E-state index is 0.119. The SMILES string of the molecule is O=C1Cc2c(ncnc2Nc2cc(-c3cc(Cl)ccc3F)c(=O)[nH]c2C2CC2)N1. The van der Waals surface area contributed by atoms with Gasteiger partial charge in [-0.2, -0.15) is 0 Å². The van der Waals surface area contributed by atoms with Gasteiger partial charge < -0.3 is 15.6 Å². The third-order valence-corrected chi connectivity index (χ3v) is 5.30. The van der Waals surface area contributed by atoms with Crippen LogP contribution in [0.5, 0.6) is 0 Å². The first-order valence-electron chi connectivity index (χ1n) is 9.13. The summed E-state index contributed by atoms with van der Waals surface area (Å²) in [7, 11) is 0. The molecule has 0 radical (unpaired) electrons. The van der Waals surface area contributed by atoms with Gasteiger partial charge in [-0.25, -0.2) is 14.4 Å². The molecule has 5 rings (SSSR count). The van der Waals surface area contributed by atoms with Crippen molar-refractivity contribution in [3.63, 3.8) is 0 Å². The maximum atomic E-state index is 14.4. The van der Waals surface area contributed by atoms with Crippen molar-refractivity contribution < 1.29 is 9.18 Å². The van der Waals surface area contributed by atoms with Crippen LogP contribution in [0.25, 0.3) is 11.1 Å². The summed E-state index contributed by atoms with van der Waals surface area (Å²) in [6.07, 6.45) is 3.43. The van der Waals surface area contributed by atoms with Crippen molar-refractivity contribution >= 4 is 34.8 Å². The summed E-state index contributed by atoms with van der Waals surface area (Å²) in [5.74, 6) is 0.459. The number of pyridine rings is 1. The van der Waals surface area contributed by atoms with E-state index in [-0.39, 0.29) is 34.9 Å². The van der Waals surface area contributed by atoms with Gasteiger partial charge in [0.1, 0.15) is 23.8 Å². The Morgan fingerprint density at radius 3 is 2.76 bits per heavy atom. The molecule has 1 aromatic carbocycles. The van der Waals surface area contributed by atoms with E-state index in [2.05, 4.69) is 25.6 Å². The van der Waals surface area contributed by atoms with Crippen molar-refractivity contribution in [2.75, 3.05) is 10.6 Å². The van der Waals surface area contributed by atoms with Crippen LogP contribution in [0.2, 0.25) is 5.02 Å². The zero-order valence-electron chi connectivity index (χ0n) is 15.1. The Hall–Kier alpha value is -3.26. The molecule has 3 aromatic rings. The zero-order chi connectivity index (χ0) is 20.1. The molecule has 0 atom stereocenters. The molecule has 0 saturated heterocycles. The van der Waals surface area contributed by atoms with Gasteiger partial charge in [0.2, 0.25) is 5.91 Å². The molecule has 1 saturated carbocycles. The number of benzene rings is 1. The Morgan fingerprint density at radius 2 is 1.97 bits per heavy atom. The van der Waals surface area contributed by atoms with Crippen LogP contribution in [0.15, 0.2) is 35.4 Å². The molecule has 2 aliphatic rings. The fourth-order valence-electron chi connectivity index (χ4n) is 3.51. The molecular weight excluding hydrogens is 397 g/mol. The van der Waals surface area contributed by atoms with Gasteiger partial charge in [0, 0.05) is 27.8 Å². The molecule has 1 aliphatic heterocycles. The van der Waals surface area contributed by atoms with Gasteiger partial charge in [0.25, 0.3) is 5.56 Å². The number of hydrogen-bond donors (Lipinski definition) is 3. The van der Waals surface area contributed by atoms with Crippen LogP contribution >= 0.6 is 11.6 Å². The van der Waals surface area contributed by atoms with E-state index < -0.39 is 5.82 Å². The average molecular weight is 412 g/mol. The Labute approximate surface area is 169 Å². The number of fused-ring (bicyclic) bond motifs is 1. The lowest BCUT2D eigenvalue weighted by Crippen LogP contribution is -2.14. The highest BCUT2D eigenvalue weighted by Crippen LogP contribution is 2.43. The van der Waals surface area contributed by atoms with Crippen molar-refractivity contribution in [2.45, 2.75) is 25.2 Å². The molecule has 1 fully saturated rings. The lowest BCUT2D eigenvalue weighted by Gasteiger charge is -2.15. The Morgan fingerprint density at radius 1 is 1.14 bits per heavy atom. The summed E-state index contributed by atoms with van der Waals surface area (Å²) in [5, 5.41) is 6.23. The number of aromatic amines is 1. The minimum atomic E-state index is -0.539. The van der Waals surface area contributed by atoms with E-state index in [9.17, 15) is 14.0 Å². The number of carbonyl (C=O) groups excluding carboxylic acids is 1. The molecule has 0 spiro atoms. The van der Waals surface area contributed by atoms with Gasteiger partial charge in [-0.1, -0.05) is 11.6 Å². The highest BCUT2D eigenvalue weighted by molar-refractivity contribution is 6.30. The summed E-state index contributed by atoms with van der Waals surface area (Å²) in [4.78, 5) is 35.7. The van der Waals surface area contributed by atoms with Gasteiger partial charge in [-0.15, -0.1) is 0 Å². The van der Waals surface area contributed by atoms with E-state index in [0.29, 0.717) is 27.9 Å². The normalized spacial score (nSPS) is 15.2. The van der Waals surface area contributed by atoms with Gasteiger partial charge in [-0.05, 0) is 37.1 Å². The standard InChI is InChI=1S/C20H15ClFN5O2/c21-10-3-4-14(22)11(5-10)12-6-15(17(9-1-2-9)27-20(12)29)25-18-13-7-16(28)26-19(13)24-8-23-18/h3-6,8-9H,1-2,7H2,(H,27,29)(H2,23,24,25,26,28). The highest BCUT2D eigenvalue weighted by atomic mass is 35.5. The Bertz CT molecular complexity index is 1220. The monoisotopic (exact) mass is 411 g/mol. The van der Waals surface area contributed by atoms with Crippen LogP contribution in [0, 0.1) is 5.82 Å². The van der Waals surface area contributed by atoms with E-state index in [4.69, 9.17) is 11.6 Å². The smallest absolute Gasteiger partial charge is 0.256 e. The summed E-state index contributed by atoms with van der Waals surface area (Å²) in [5.41, 5.74) is 1.91. The molecule has 1 aliphatic carbocycles. The number of carbonyl (C=O) groups is 1. The second-order valence-corrected chi connectivity index (χ2v) is 7.57. The van der Waals surface area contributed by atoms with Crippen LogP contribution in [0.3, 0.4) is 0 Å². The van der Waals surface area contributed by atoms with E-state index in [1.807, 2.05) is 0 Å². The summed E-state index contributed by atoms with van der Waals surface area (Å²) >= 11 is 6.01. The maximum Gasteiger partial charge on any atom is 0.256 e. The zero-order valence-corrected chi connectivity index (χ0v) is 15.8. The molecule has 0 bridgehead atoms. The van der Waals surface area contributed by atoms with Crippen LogP contribution in [0.1, 0.15) is 30.0 Å². The number of halogens is 2. The van der Waals surface area contributed by atoms with Crippen molar-refractivity contribution in [2.24, 2.45) is 0 Å². The number of amides is 1. The van der Waals surface area contributed by atoms with E-state index in [1.54, 1.807) is 6.07 Å². The fourth-order valence-corrected chi connectivity index (χ4v) is 3.68. The van der Waals surface area contributed by atoms with Crippen molar-refractivity contribution in [3.05, 3.63) is 63.0 Å². The number of anilines is 3. The van der Waals surface area contributed by atoms with Gasteiger partial charge in [0.05, 0.1) is 17.7 Å². The van der Waals surface area contributed by atoms with Crippen LogP contribution in [0.4, 0.5) is 21.7 Å². The molecule has 146 valence electrons. The predicted octanol–water partition coefficient (Wildman–Crippen LogP) is 3.74. The first-order chi connectivity index (χ1) is 14.0. The van der Waals surface area contributed by atoms with Crippen molar-refractivity contribution in [1.29, 1.82) is 0 Å². The Kier molecular flexibility index (Phi) is 4.09. The lowest BCUT2D eigenvalue weighted by molar-refractivity contribution is -0.115. The van der Waals surface area contributed by atoms with E-state index in [0.717, 1.165) is 18.5 Å². The molecule has 2 aromatic heterocycles. The van der Waals surface area contributed by atoms with Crippen molar-refractivity contribution in [1.82, 2.24) is 15.0 Å². The quantitative estimate of drug-likeness (QED) is 0.607. The van der Waals surface area contributed by atoms with Gasteiger partial charge in [-0.3, -0.25) is 9.59 Å². The fraction of sp³-hybridized carbons (Fsp3) is 0.200. The van der Waals surface area contributed by atoms with Crippen molar-refractivity contribution in [3.8, 4) is 11.1 Å². The van der Waals surface area contributed by atoms with E-state index in [1.165, 1.54) is 24.5 Å². The number of rotatable bonds is 4. The number of aromatic nitrogens is 3. The number of nitrogens with zero attached hydrogens (tertiary/aromatic N) is 2. The molecule has 7 nitrogen and oxygen atoms in total. The molecule has 3 heterocycles. The average Bonchev–Trinajstić information content (AvgIpc) is 3.46. The minimum Gasteiger partial charge on any atom is -0.338 e. The molecule has 3 N–H and O–H groups in total. The molecule has 9 heteroatoms. The molecule has 1 amide bonds. The molecule has 29 heavy (non-hydrogen) atoms. The second-order valence-electron chi connectivity index (χ2n) is 7.14. The number of nitrogens with one attached hydrogen (secondary N) is 3. The van der Waals surface area contributed by atoms with Gasteiger partial charge in [0.15, 0.2) is 0 Å². The largest absolute Gasteiger partial charge is 0.338 e. The van der Waals surface area contributed by atoms with Gasteiger partial charge >= 0.3 is 0 Å². The molecular formula is C20H15ClFN5O2. The second kappa shape index (κ2) is 6.66. The third kappa shape index (κ3) is 3.25. The highest BCUT2D eigenvalue weighted by Gasteiger charge is 2.30. The summed E-state index contributed by atoms with van der Waals surface area (Å²) < 4.78 is 14.4. The molecule has 0 unspecified atom stereocenters. The summed E-state index contributed by atoms with van der Waals surface area (Å²) in [6, 6.07) is 5.70. The van der Waals surface area contributed by atoms with Crippen LogP contribution in [-0.2, 0) is 11.2 Å². The lowest BCUT2D eigenvalue weighted by atomic mass is 10.0. The van der Waals surface area contributed by atoms with Crippen LogP contribution < -0.4 is 16.2 Å².